The Hall–Kier alpha value is -4.05. The molecule has 1 N–H and O–H groups in total. The molecule has 1 heterocycles. The van der Waals surface area contributed by atoms with E-state index in [0.717, 1.165) is 11.3 Å². The Morgan fingerprint density at radius 1 is 0.759 bits per heavy atom. The van der Waals surface area contributed by atoms with E-state index in [4.69, 9.17) is 9.15 Å². The van der Waals surface area contributed by atoms with Crippen molar-refractivity contribution in [2.75, 3.05) is 5.32 Å². The van der Waals surface area contributed by atoms with Crippen LogP contribution in [-0.2, 0) is 4.79 Å². The molecule has 1 amide bonds. The summed E-state index contributed by atoms with van der Waals surface area (Å²) in [5, 5.41) is 2.94. The minimum absolute atomic E-state index is 0.218. The molecule has 0 saturated carbocycles. The fourth-order valence-corrected chi connectivity index (χ4v) is 2.84. The summed E-state index contributed by atoms with van der Waals surface area (Å²) in [4.78, 5) is 13.0. The second-order valence-electron chi connectivity index (χ2n) is 6.33. The zero-order valence-electron chi connectivity index (χ0n) is 15.6. The first kappa shape index (κ1) is 18.3. The van der Waals surface area contributed by atoms with Crippen molar-refractivity contribution in [3.05, 3.63) is 115 Å². The van der Waals surface area contributed by atoms with Crippen LogP contribution in [-0.4, -0.2) is 5.91 Å². The molecule has 3 aromatic carbocycles. The summed E-state index contributed by atoms with van der Waals surface area (Å²) in [6.07, 6.45) is 3.31. The van der Waals surface area contributed by atoms with E-state index in [1.807, 2.05) is 91.0 Å². The van der Waals surface area contributed by atoms with Gasteiger partial charge in [-0.3, -0.25) is 4.79 Å². The van der Waals surface area contributed by atoms with Crippen molar-refractivity contribution in [2.45, 2.75) is 0 Å². The third-order valence-electron chi connectivity index (χ3n) is 4.25. The summed E-state index contributed by atoms with van der Waals surface area (Å²) in [5.74, 6) is 1.86. The summed E-state index contributed by atoms with van der Waals surface area (Å²) < 4.78 is 11.2. The average Bonchev–Trinajstić information content (AvgIpc) is 3.28. The van der Waals surface area contributed by atoms with Gasteiger partial charge in [-0.15, -0.1) is 0 Å². The molecule has 0 atom stereocenters. The highest BCUT2D eigenvalue weighted by atomic mass is 16.5. The number of carbonyl (C=O) groups is 1. The maximum Gasteiger partial charge on any atom is 0.256 e. The van der Waals surface area contributed by atoms with Crippen LogP contribution in [0.3, 0.4) is 0 Å². The van der Waals surface area contributed by atoms with Crippen molar-refractivity contribution >= 4 is 23.2 Å². The van der Waals surface area contributed by atoms with Gasteiger partial charge in [0.15, 0.2) is 0 Å². The van der Waals surface area contributed by atoms with Gasteiger partial charge in [0.05, 0.1) is 11.8 Å². The predicted molar refractivity (Wildman–Crippen MR) is 115 cm³/mol. The average molecular weight is 381 g/mol. The summed E-state index contributed by atoms with van der Waals surface area (Å²) in [6, 6.07) is 29.9. The molecule has 0 fully saturated rings. The highest BCUT2D eigenvalue weighted by molar-refractivity contribution is 6.29. The van der Waals surface area contributed by atoms with Gasteiger partial charge in [-0.2, -0.15) is 0 Å². The first-order valence-corrected chi connectivity index (χ1v) is 9.23. The molecule has 0 aliphatic carbocycles. The van der Waals surface area contributed by atoms with Gasteiger partial charge in [0, 0.05) is 5.69 Å². The number of nitrogens with one attached hydrogen (secondary N) is 1. The van der Waals surface area contributed by atoms with Crippen LogP contribution in [0.1, 0.15) is 11.3 Å². The van der Waals surface area contributed by atoms with Gasteiger partial charge < -0.3 is 14.5 Å². The van der Waals surface area contributed by atoms with Crippen LogP contribution in [0.15, 0.2) is 108 Å². The molecule has 4 heteroatoms. The van der Waals surface area contributed by atoms with Gasteiger partial charge >= 0.3 is 0 Å². The topological polar surface area (TPSA) is 51.5 Å². The Morgan fingerprint density at radius 2 is 1.41 bits per heavy atom. The quantitative estimate of drug-likeness (QED) is 0.402. The first-order valence-electron chi connectivity index (χ1n) is 9.23. The molecule has 0 radical (unpaired) electrons. The maximum absolute atomic E-state index is 13.0. The number of furan rings is 1. The van der Waals surface area contributed by atoms with Crippen LogP contribution in [0.5, 0.6) is 11.5 Å². The van der Waals surface area contributed by atoms with Crippen LogP contribution >= 0.6 is 0 Å². The lowest BCUT2D eigenvalue weighted by Gasteiger charge is -2.10. The number of anilines is 1. The minimum atomic E-state index is -0.218. The number of rotatable bonds is 6. The first-order chi connectivity index (χ1) is 14.3. The molecular formula is C25H19NO3. The fourth-order valence-electron chi connectivity index (χ4n) is 2.84. The molecule has 142 valence electrons. The van der Waals surface area contributed by atoms with Crippen molar-refractivity contribution in [1.82, 2.24) is 0 Å². The normalized spacial score (nSPS) is 11.1. The fraction of sp³-hybridized carbons (Fsp3) is 0. The van der Waals surface area contributed by atoms with E-state index in [1.54, 1.807) is 18.4 Å². The standard InChI is InChI=1S/C25H19NO3/c27-25(24(18-23-12-7-17-28-23)19-8-3-1-4-9-19)26-20-13-15-22(16-14-20)29-21-10-5-2-6-11-21/h1-18H,(H,26,27)/b24-18+. The highest BCUT2D eigenvalue weighted by Crippen LogP contribution is 2.24. The molecule has 0 aliphatic rings. The number of hydrogen-bond donors (Lipinski definition) is 1. The van der Waals surface area contributed by atoms with Crippen LogP contribution in [0, 0.1) is 0 Å². The molecule has 0 saturated heterocycles. The Balaban J connectivity index is 1.52. The Kier molecular flexibility index (Phi) is 5.53. The second kappa shape index (κ2) is 8.76. The zero-order valence-corrected chi connectivity index (χ0v) is 15.6. The summed E-state index contributed by atoms with van der Waals surface area (Å²) in [5.41, 5.74) is 2.01. The van der Waals surface area contributed by atoms with Crippen LogP contribution in [0.4, 0.5) is 5.69 Å². The predicted octanol–water partition coefficient (Wildman–Crippen LogP) is 6.25. The van der Waals surface area contributed by atoms with E-state index in [2.05, 4.69) is 5.32 Å². The molecular weight excluding hydrogens is 362 g/mol. The third kappa shape index (κ3) is 4.82. The highest BCUT2D eigenvalue weighted by Gasteiger charge is 2.13. The Morgan fingerprint density at radius 3 is 2.07 bits per heavy atom. The van der Waals surface area contributed by atoms with E-state index in [-0.39, 0.29) is 5.91 Å². The van der Waals surface area contributed by atoms with Gasteiger partial charge in [0.25, 0.3) is 5.91 Å². The third-order valence-corrected chi connectivity index (χ3v) is 4.25. The molecule has 4 nitrogen and oxygen atoms in total. The Labute approximate surface area is 169 Å². The number of para-hydroxylation sites is 1. The Bertz CT molecular complexity index is 1080. The van der Waals surface area contributed by atoms with E-state index < -0.39 is 0 Å². The van der Waals surface area contributed by atoms with E-state index in [9.17, 15) is 4.79 Å². The largest absolute Gasteiger partial charge is 0.465 e. The lowest BCUT2D eigenvalue weighted by Crippen LogP contribution is -2.13. The molecule has 1 aromatic heterocycles. The lowest BCUT2D eigenvalue weighted by atomic mass is 10.0. The summed E-state index contributed by atoms with van der Waals surface area (Å²) in [6.45, 7) is 0. The number of carbonyl (C=O) groups excluding carboxylic acids is 1. The van der Waals surface area contributed by atoms with Gasteiger partial charge in [0.2, 0.25) is 0 Å². The molecule has 4 aromatic rings. The molecule has 0 unspecified atom stereocenters. The SMILES string of the molecule is O=C(Nc1ccc(Oc2ccccc2)cc1)/C(=C/c1ccco1)c1ccccc1. The summed E-state index contributed by atoms with van der Waals surface area (Å²) in [7, 11) is 0. The van der Waals surface area contributed by atoms with Crippen LogP contribution in [0.2, 0.25) is 0 Å². The van der Waals surface area contributed by atoms with Gasteiger partial charge in [-0.05, 0) is 60.2 Å². The molecule has 29 heavy (non-hydrogen) atoms. The van der Waals surface area contributed by atoms with Crippen molar-refractivity contribution in [1.29, 1.82) is 0 Å². The van der Waals surface area contributed by atoms with Crippen LogP contribution < -0.4 is 10.1 Å². The number of hydrogen-bond acceptors (Lipinski definition) is 3. The lowest BCUT2D eigenvalue weighted by molar-refractivity contribution is -0.111. The number of amides is 1. The van der Waals surface area contributed by atoms with E-state index >= 15 is 0 Å². The van der Waals surface area contributed by atoms with Gasteiger partial charge in [0.1, 0.15) is 17.3 Å². The monoisotopic (exact) mass is 381 g/mol. The van der Waals surface area contributed by atoms with Crippen LogP contribution in [0.25, 0.3) is 11.6 Å². The van der Waals surface area contributed by atoms with Gasteiger partial charge in [-0.25, -0.2) is 0 Å². The van der Waals surface area contributed by atoms with E-state index in [0.29, 0.717) is 22.8 Å². The second-order valence-corrected chi connectivity index (χ2v) is 6.33. The molecule has 0 bridgehead atoms. The smallest absolute Gasteiger partial charge is 0.256 e. The van der Waals surface area contributed by atoms with Gasteiger partial charge in [-0.1, -0.05) is 48.5 Å². The zero-order chi connectivity index (χ0) is 19.9. The molecule has 0 spiro atoms. The van der Waals surface area contributed by atoms with Crippen molar-refractivity contribution < 1.29 is 13.9 Å². The van der Waals surface area contributed by atoms with Crippen molar-refractivity contribution in [3.63, 3.8) is 0 Å². The summed E-state index contributed by atoms with van der Waals surface area (Å²) >= 11 is 0. The minimum Gasteiger partial charge on any atom is -0.465 e. The maximum atomic E-state index is 13.0. The molecule has 0 aliphatic heterocycles. The number of ether oxygens (including phenoxy) is 1. The van der Waals surface area contributed by atoms with E-state index in [1.165, 1.54) is 0 Å². The van der Waals surface area contributed by atoms with Crippen molar-refractivity contribution in [2.24, 2.45) is 0 Å². The van der Waals surface area contributed by atoms with Crippen molar-refractivity contribution in [3.8, 4) is 11.5 Å². The molecule has 4 rings (SSSR count). The number of benzene rings is 3.